The molecule has 0 radical (unpaired) electrons. The summed E-state index contributed by atoms with van der Waals surface area (Å²) in [5.41, 5.74) is 3.97. The van der Waals surface area contributed by atoms with Crippen LogP contribution in [0.5, 0.6) is 5.75 Å². The fourth-order valence-electron chi connectivity index (χ4n) is 1.31. The SMILES string of the molecule is CONCc1c(F)ccc(C)c1OC. The number of hydroxylamine groups is 1. The second kappa shape index (κ2) is 4.93. The lowest BCUT2D eigenvalue weighted by atomic mass is 10.1. The van der Waals surface area contributed by atoms with Crippen LogP contribution in [0, 0.1) is 12.7 Å². The van der Waals surface area contributed by atoms with E-state index < -0.39 is 0 Å². The summed E-state index contributed by atoms with van der Waals surface area (Å²) < 4.78 is 18.5. The van der Waals surface area contributed by atoms with E-state index in [1.165, 1.54) is 20.3 Å². The molecule has 0 saturated heterocycles. The fraction of sp³-hybridized carbons (Fsp3) is 0.400. The first-order valence-electron chi connectivity index (χ1n) is 4.28. The van der Waals surface area contributed by atoms with Crippen LogP contribution in [-0.2, 0) is 11.4 Å². The maximum absolute atomic E-state index is 13.4. The minimum absolute atomic E-state index is 0.285. The highest BCUT2D eigenvalue weighted by atomic mass is 19.1. The molecule has 0 bridgehead atoms. The number of hydrogen-bond acceptors (Lipinski definition) is 3. The highest BCUT2D eigenvalue weighted by molar-refractivity contribution is 5.41. The summed E-state index contributed by atoms with van der Waals surface area (Å²) in [6.07, 6.45) is 0. The third-order valence-electron chi connectivity index (χ3n) is 2.00. The van der Waals surface area contributed by atoms with Crippen LogP contribution < -0.4 is 10.2 Å². The van der Waals surface area contributed by atoms with E-state index >= 15 is 0 Å². The van der Waals surface area contributed by atoms with Crippen LogP contribution in [0.2, 0.25) is 0 Å². The maximum atomic E-state index is 13.4. The lowest BCUT2D eigenvalue weighted by molar-refractivity contribution is 0.0852. The Kier molecular flexibility index (Phi) is 3.85. The summed E-state index contributed by atoms with van der Waals surface area (Å²) in [5.74, 6) is 0.270. The lowest BCUT2D eigenvalue weighted by Crippen LogP contribution is -2.13. The van der Waals surface area contributed by atoms with Gasteiger partial charge >= 0.3 is 0 Å². The van der Waals surface area contributed by atoms with Gasteiger partial charge in [0, 0.05) is 5.56 Å². The van der Waals surface area contributed by atoms with E-state index in [4.69, 9.17) is 4.74 Å². The van der Waals surface area contributed by atoms with Gasteiger partial charge in [0.05, 0.1) is 20.8 Å². The van der Waals surface area contributed by atoms with E-state index in [1.807, 2.05) is 6.92 Å². The van der Waals surface area contributed by atoms with Gasteiger partial charge < -0.3 is 9.57 Å². The number of hydrogen-bond donors (Lipinski definition) is 1. The Balaban J connectivity index is 3.03. The Morgan fingerprint density at radius 3 is 2.64 bits per heavy atom. The first kappa shape index (κ1) is 10.9. The van der Waals surface area contributed by atoms with E-state index in [0.717, 1.165) is 5.56 Å². The number of benzene rings is 1. The van der Waals surface area contributed by atoms with Gasteiger partial charge in [-0.15, -0.1) is 0 Å². The number of halogens is 1. The third-order valence-corrected chi connectivity index (χ3v) is 2.00. The van der Waals surface area contributed by atoms with Crippen molar-refractivity contribution in [3.05, 3.63) is 29.1 Å². The number of methoxy groups -OCH3 is 1. The van der Waals surface area contributed by atoms with Crippen LogP contribution in [0.3, 0.4) is 0 Å². The van der Waals surface area contributed by atoms with Crippen LogP contribution in [-0.4, -0.2) is 14.2 Å². The van der Waals surface area contributed by atoms with E-state index in [0.29, 0.717) is 11.3 Å². The van der Waals surface area contributed by atoms with Gasteiger partial charge in [-0.1, -0.05) is 6.07 Å². The smallest absolute Gasteiger partial charge is 0.131 e. The molecule has 0 aliphatic heterocycles. The third kappa shape index (κ3) is 2.21. The number of rotatable bonds is 4. The predicted octanol–water partition coefficient (Wildman–Crippen LogP) is 1.79. The zero-order valence-corrected chi connectivity index (χ0v) is 8.56. The van der Waals surface area contributed by atoms with E-state index in [-0.39, 0.29) is 12.4 Å². The molecule has 0 atom stereocenters. The largest absolute Gasteiger partial charge is 0.496 e. The van der Waals surface area contributed by atoms with Crippen molar-refractivity contribution in [3.8, 4) is 5.75 Å². The lowest BCUT2D eigenvalue weighted by Gasteiger charge is -2.12. The number of nitrogens with one attached hydrogen (secondary N) is 1. The molecular weight excluding hydrogens is 185 g/mol. The average molecular weight is 199 g/mol. The predicted molar refractivity (Wildman–Crippen MR) is 51.5 cm³/mol. The summed E-state index contributed by atoms with van der Waals surface area (Å²) in [4.78, 5) is 4.67. The van der Waals surface area contributed by atoms with Crippen molar-refractivity contribution in [3.63, 3.8) is 0 Å². The van der Waals surface area contributed by atoms with Gasteiger partial charge in [0.25, 0.3) is 0 Å². The van der Waals surface area contributed by atoms with Crippen LogP contribution in [0.25, 0.3) is 0 Å². The molecule has 0 aromatic heterocycles. The van der Waals surface area contributed by atoms with E-state index in [9.17, 15) is 4.39 Å². The topological polar surface area (TPSA) is 30.5 Å². The summed E-state index contributed by atoms with van der Waals surface area (Å²) in [7, 11) is 3.01. The monoisotopic (exact) mass is 199 g/mol. The molecule has 78 valence electrons. The van der Waals surface area contributed by atoms with Gasteiger partial charge in [-0.3, -0.25) is 0 Å². The van der Waals surface area contributed by atoms with Gasteiger partial charge in [-0.25, -0.2) is 4.39 Å². The number of ether oxygens (including phenoxy) is 1. The Labute approximate surface area is 82.8 Å². The fourth-order valence-corrected chi connectivity index (χ4v) is 1.31. The Bertz CT molecular complexity index is 315. The molecule has 1 rings (SSSR count). The standard InChI is InChI=1S/C10H14FNO2/c1-7-4-5-9(11)8(6-12-14-3)10(7)13-2/h4-5,12H,6H2,1-3H3. The second-order valence-electron chi connectivity index (χ2n) is 2.90. The van der Waals surface area contributed by atoms with E-state index in [1.54, 1.807) is 6.07 Å². The van der Waals surface area contributed by atoms with Crippen molar-refractivity contribution in [1.82, 2.24) is 5.48 Å². The highest BCUT2D eigenvalue weighted by Crippen LogP contribution is 2.25. The van der Waals surface area contributed by atoms with Crippen LogP contribution >= 0.6 is 0 Å². The molecule has 14 heavy (non-hydrogen) atoms. The second-order valence-corrected chi connectivity index (χ2v) is 2.90. The molecule has 0 aliphatic rings. The van der Waals surface area contributed by atoms with Crippen molar-refractivity contribution in [2.24, 2.45) is 0 Å². The van der Waals surface area contributed by atoms with Gasteiger partial charge in [0.2, 0.25) is 0 Å². The Hall–Kier alpha value is -1.13. The molecule has 0 spiro atoms. The van der Waals surface area contributed by atoms with Gasteiger partial charge in [-0.05, 0) is 18.6 Å². The highest BCUT2D eigenvalue weighted by Gasteiger charge is 2.11. The van der Waals surface area contributed by atoms with Gasteiger partial charge in [-0.2, -0.15) is 5.48 Å². The van der Waals surface area contributed by atoms with Crippen molar-refractivity contribution >= 4 is 0 Å². The normalized spacial score (nSPS) is 10.3. The molecule has 0 saturated carbocycles. The zero-order chi connectivity index (χ0) is 10.6. The first-order chi connectivity index (χ1) is 6.70. The van der Waals surface area contributed by atoms with Crippen molar-refractivity contribution in [1.29, 1.82) is 0 Å². The van der Waals surface area contributed by atoms with Crippen LogP contribution in [0.4, 0.5) is 4.39 Å². The van der Waals surface area contributed by atoms with Crippen molar-refractivity contribution < 1.29 is 14.0 Å². The molecule has 0 unspecified atom stereocenters. The number of aryl methyl sites for hydroxylation is 1. The van der Waals surface area contributed by atoms with Crippen molar-refractivity contribution in [2.45, 2.75) is 13.5 Å². The van der Waals surface area contributed by atoms with Crippen molar-refractivity contribution in [2.75, 3.05) is 14.2 Å². The summed E-state index contributed by atoms with van der Waals surface area (Å²) in [6, 6.07) is 3.11. The molecule has 1 aromatic carbocycles. The molecular formula is C10H14FNO2. The molecule has 0 aliphatic carbocycles. The molecule has 1 N–H and O–H groups in total. The van der Waals surface area contributed by atoms with Gasteiger partial charge in [0.1, 0.15) is 11.6 Å². The molecule has 1 aromatic rings. The van der Waals surface area contributed by atoms with Gasteiger partial charge in [0.15, 0.2) is 0 Å². The average Bonchev–Trinajstić information content (AvgIpc) is 2.19. The molecule has 4 heteroatoms. The maximum Gasteiger partial charge on any atom is 0.131 e. The van der Waals surface area contributed by atoms with Crippen LogP contribution in [0.1, 0.15) is 11.1 Å². The van der Waals surface area contributed by atoms with Crippen LogP contribution in [0.15, 0.2) is 12.1 Å². The zero-order valence-electron chi connectivity index (χ0n) is 8.56. The minimum Gasteiger partial charge on any atom is -0.496 e. The Morgan fingerprint density at radius 2 is 2.07 bits per heavy atom. The molecule has 0 fully saturated rings. The Morgan fingerprint density at radius 1 is 1.36 bits per heavy atom. The molecule has 0 amide bonds. The summed E-state index contributed by atoms with van der Waals surface area (Å²) in [6.45, 7) is 2.15. The molecule has 0 heterocycles. The minimum atomic E-state index is -0.294. The van der Waals surface area contributed by atoms with E-state index in [2.05, 4.69) is 10.3 Å². The summed E-state index contributed by atoms with van der Waals surface area (Å²) >= 11 is 0. The quantitative estimate of drug-likeness (QED) is 0.750. The first-order valence-corrected chi connectivity index (χ1v) is 4.28. The summed E-state index contributed by atoms with van der Waals surface area (Å²) in [5, 5.41) is 0. The molecule has 3 nitrogen and oxygen atoms in total.